The molecule has 0 aromatic rings. The average molecular weight is 196 g/mol. The number of carbonyl (C=O) groups is 2. The second-order valence-electron chi connectivity index (χ2n) is 1.85. The second-order valence-corrected chi connectivity index (χ2v) is 2.88. The molecule has 12 heavy (non-hydrogen) atoms. The lowest BCUT2D eigenvalue weighted by Crippen LogP contribution is -2.32. The third-order valence-electron chi connectivity index (χ3n) is 0.840. The Kier molecular flexibility index (Phi) is 7.91. The maximum atomic E-state index is 10.1. The van der Waals surface area contributed by atoms with E-state index in [1.165, 1.54) is 0 Å². The van der Waals surface area contributed by atoms with Crippen molar-refractivity contribution in [3.8, 4) is 0 Å². The second kappa shape index (κ2) is 6.89. The van der Waals surface area contributed by atoms with Crippen LogP contribution in [0.1, 0.15) is 0 Å². The summed E-state index contributed by atoms with van der Waals surface area (Å²) in [5.74, 6) is -2.06. The van der Waals surface area contributed by atoms with Gasteiger partial charge in [0.25, 0.3) is 0 Å². The van der Waals surface area contributed by atoms with E-state index in [-0.39, 0.29) is 17.7 Å². The summed E-state index contributed by atoms with van der Waals surface area (Å²) in [6.45, 7) is 0. The molecule has 6 nitrogen and oxygen atoms in total. The van der Waals surface area contributed by atoms with Crippen LogP contribution in [0.4, 0.5) is 0 Å². The quantitative estimate of drug-likeness (QED) is 0.460. The summed E-state index contributed by atoms with van der Waals surface area (Å²) in [4.78, 5) is 20.0. The zero-order valence-electron chi connectivity index (χ0n) is 6.40. The molecule has 72 valence electrons. The molecule has 7 N–H and O–H groups in total. The molecule has 0 fully saturated rings. The van der Waals surface area contributed by atoms with Crippen molar-refractivity contribution in [3.63, 3.8) is 0 Å². The summed E-state index contributed by atoms with van der Waals surface area (Å²) < 4.78 is 0. The molecule has 0 radical (unpaired) electrons. The Morgan fingerprint density at radius 3 is 2.25 bits per heavy atom. The number of thioether (sulfide) groups is 1. The van der Waals surface area contributed by atoms with Gasteiger partial charge in [0.2, 0.25) is 0 Å². The molecule has 0 aliphatic heterocycles. The summed E-state index contributed by atoms with van der Waals surface area (Å²) in [5.41, 5.74) is 5.09. The first kappa shape index (κ1) is 13.8. The van der Waals surface area contributed by atoms with Crippen LogP contribution in [0.2, 0.25) is 0 Å². The third kappa shape index (κ3) is 7.32. The Bertz CT molecular complexity index is 164. The van der Waals surface area contributed by atoms with Crippen LogP contribution >= 0.6 is 11.8 Å². The van der Waals surface area contributed by atoms with E-state index in [0.29, 0.717) is 0 Å². The Morgan fingerprint density at radius 2 is 1.92 bits per heavy atom. The van der Waals surface area contributed by atoms with Gasteiger partial charge < -0.3 is 22.1 Å². The van der Waals surface area contributed by atoms with Crippen LogP contribution in [-0.2, 0) is 9.59 Å². The van der Waals surface area contributed by atoms with Crippen molar-refractivity contribution in [1.29, 1.82) is 0 Å². The highest BCUT2D eigenvalue weighted by molar-refractivity contribution is 8.00. The van der Waals surface area contributed by atoms with Crippen LogP contribution in [0, 0.1) is 0 Å². The highest BCUT2D eigenvalue weighted by atomic mass is 32.2. The summed E-state index contributed by atoms with van der Waals surface area (Å²) in [5, 5.41) is 16.4. The van der Waals surface area contributed by atoms with Gasteiger partial charge in [0.1, 0.15) is 6.04 Å². The fraction of sp³-hybridized carbons (Fsp3) is 0.600. The fourth-order valence-corrected chi connectivity index (χ4v) is 1.03. The minimum Gasteiger partial charge on any atom is -0.481 e. The largest absolute Gasteiger partial charge is 0.481 e. The summed E-state index contributed by atoms with van der Waals surface area (Å²) in [6, 6.07) is -0.973. The van der Waals surface area contributed by atoms with E-state index >= 15 is 0 Å². The van der Waals surface area contributed by atoms with E-state index in [0.717, 1.165) is 11.8 Å². The highest BCUT2D eigenvalue weighted by Crippen LogP contribution is 2.00. The topological polar surface area (TPSA) is 136 Å². The Balaban J connectivity index is 0. The van der Waals surface area contributed by atoms with E-state index in [2.05, 4.69) is 0 Å². The number of carboxylic acid groups (broad SMARTS) is 2. The molecule has 1 unspecified atom stereocenters. The molecular formula is C5H12N2O4S. The molecule has 0 aromatic carbocycles. The van der Waals surface area contributed by atoms with Crippen molar-refractivity contribution in [2.75, 3.05) is 11.5 Å². The van der Waals surface area contributed by atoms with E-state index in [1.807, 2.05) is 0 Å². The molecule has 0 spiro atoms. The van der Waals surface area contributed by atoms with Crippen LogP contribution in [0.25, 0.3) is 0 Å². The molecule has 1 atom stereocenters. The predicted octanol–water partition coefficient (Wildman–Crippen LogP) is -0.622. The number of rotatable bonds is 5. The molecule has 0 aromatic heterocycles. The number of carboxylic acids is 2. The summed E-state index contributed by atoms with van der Waals surface area (Å²) in [6.07, 6.45) is 0. The van der Waals surface area contributed by atoms with Gasteiger partial charge in [-0.25, -0.2) is 0 Å². The van der Waals surface area contributed by atoms with Gasteiger partial charge in [0.15, 0.2) is 0 Å². The van der Waals surface area contributed by atoms with Gasteiger partial charge in [-0.2, -0.15) is 0 Å². The van der Waals surface area contributed by atoms with Crippen LogP contribution < -0.4 is 11.9 Å². The molecule has 0 amide bonds. The average Bonchev–Trinajstić information content (AvgIpc) is 1.86. The van der Waals surface area contributed by atoms with E-state index in [1.54, 1.807) is 0 Å². The van der Waals surface area contributed by atoms with Gasteiger partial charge in [-0.05, 0) is 0 Å². The minimum absolute atomic E-state index is 0. The smallest absolute Gasteiger partial charge is 0.321 e. The number of hydrogen-bond acceptors (Lipinski definition) is 5. The van der Waals surface area contributed by atoms with E-state index in [9.17, 15) is 9.59 Å². The number of nitrogens with two attached hydrogens (primary N) is 1. The SMILES string of the molecule is N.NC(CSCC(=O)O)C(=O)O. The standard InChI is InChI=1S/C5H9NO4S.H3N/c6-3(5(9)10)1-11-2-4(7)8;/h3H,1-2,6H2,(H,7,8)(H,9,10);1H3. The molecular weight excluding hydrogens is 184 g/mol. The lowest BCUT2D eigenvalue weighted by atomic mass is 10.4. The fourth-order valence-electron chi connectivity index (χ4n) is 0.344. The number of hydrogen-bond donors (Lipinski definition) is 4. The van der Waals surface area contributed by atoms with Crippen molar-refractivity contribution >= 4 is 23.7 Å². The molecule has 0 heterocycles. The predicted molar refractivity (Wildman–Crippen MR) is 45.6 cm³/mol. The monoisotopic (exact) mass is 196 g/mol. The van der Waals surface area contributed by atoms with Gasteiger partial charge in [-0.3, -0.25) is 9.59 Å². The zero-order valence-corrected chi connectivity index (χ0v) is 7.21. The first-order valence-corrected chi connectivity index (χ1v) is 3.97. The van der Waals surface area contributed by atoms with Crippen LogP contribution in [-0.4, -0.2) is 39.7 Å². The zero-order chi connectivity index (χ0) is 8.85. The van der Waals surface area contributed by atoms with Crippen molar-refractivity contribution in [2.24, 2.45) is 5.73 Å². The highest BCUT2D eigenvalue weighted by Gasteiger charge is 2.11. The normalized spacial score (nSPS) is 11.4. The van der Waals surface area contributed by atoms with Crippen molar-refractivity contribution in [3.05, 3.63) is 0 Å². The van der Waals surface area contributed by atoms with Gasteiger partial charge in [-0.15, -0.1) is 11.8 Å². The van der Waals surface area contributed by atoms with Gasteiger partial charge in [0, 0.05) is 5.75 Å². The van der Waals surface area contributed by atoms with Crippen molar-refractivity contribution in [2.45, 2.75) is 6.04 Å². The third-order valence-corrected chi connectivity index (χ3v) is 1.89. The molecule has 0 rings (SSSR count). The van der Waals surface area contributed by atoms with E-state index < -0.39 is 18.0 Å². The van der Waals surface area contributed by atoms with Crippen molar-refractivity contribution < 1.29 is 19.8 Å². The maximum Gasteiger partial charge on any atom is 0.321 e. The molecule has 7 heteroatoms. The Hall–Kier alpha value is -0.790. The lowest BCUT2D eigenvalue weighted by molar-refractivity contribution is -0.138. The summed E-state index contributed by atoms with van der Waals surface area (Å²) >= 11 is 0.992. The van der Waals surface area contributed by atoms with Crippen LogP contribution in [0.3, 0.4) is 0 Å². The molecule has 0 aliphatic carbocycles. The maximum absolute atomic E-state index is 10.1. The Labute approximate surface area is 73.7 Å². The summed E-state index contributed by atoms with van der Waals surface area (Å²) in [7, 11) is 0. The van der Waals surface area contributed by atoms with Gasteiger partial charge >= 0.3 is 11.9 Å². The lowest BCUT2D eigenvalue weighted by Gasteiger charge is -2.02. The van der Waals surface area contributed by atoms with Gasteiger partial charge in [-0.1, -0.05) is 0 Å². The van der Waals surface area contributed by atoms with Crippen molar-refractivity contribution in [1.82, 2.24) is 6.15 Å². The van der Waals surface area contributed by atoms with Crippen LogP contribution in [0.15, 0.2) is 0 Å². The Morgan fingerprint density at radius 1 is 1.42 bits per heavy atom. The molecule has 0 bridgehead atoms. The molecule has 0 saturated carbocycles. The van der Waals surface area contributed by atoms with Gasteiger partial charge in [0.05, 0.1) is 5.75 Å². The minimum atomic E-state index is -1.11. The van der Waals surface area contributed by atoms with E-state index in [4.69, 9.17) is 15.9 Å². The molecule has 0 saturated heterocycles. The van der Waals surface area contributed by atoms with Crippen LogP contribution in [0.5, 0.6) is 0 Å². The first-order chi connectivity index (χ1) is 5.04. The number of aliphatic carboxylic acids is 2. The molecule has 0 aliphatic rings. The first-order valence-electron chi connectivity index (χ1n) is 2.82.